The maximum atomic E-state index is 4.99. The van der Waals surface area contributed by atoms with Gasteiger partial charge in [-0.2, -0.15) is 0 Å². The van der Waals surface area contributed by atoms with Gasteiger partial charge in [-0.1, -0.05) is 0 Å². The first-order valence-corrected chi connectivity index (χ1v) is 5.53. The van der Waals surface area contributed by atoms with E-state index in [-0.39, 0.29) is 0 Å². The molecule has 0 saturated carbocycles. The number of likely N-dealkylation sites (tertiary alicyclic amines) is 1. The van der Waals surface area contributed by atoms with Gasteiger partial charge in [0.1, 0.15) is 0 Å². The second-order valence-electron chi connectivity index (χ2n) is 3.57. The van der Waals surface area contributed by atoms with Gasteiger partial charge in [-0.15, -0.1) is 0 Å². The molecule has 3 N–H and O–H groups in total. The molecule has 0 atom stereocenters. The summed E-state index contributed by atoms with van der Waals surface area (Å²) in [5.74, 6) is 0. The fourth-order valence-electron chi connectivity index (χ4n) is 1.74. The van der Waals surface area contributed by atoms with E-state index >= 15 is 0 Å². The van der Waals surface area contributed by atoms with Crippen molar-refractivity contribution >= 4 is 17.3 Å². The molecule has 76 valence electrons. The Morgan fingerprint density at radius 2 is 2.00 bits per heavy atom. The number of hydrogen-bond donors (Lipinski definition) is 3. The van der Waals surface area contributed by atoms with Gasteiger partial charge in [-0.25, -0.2) is 0 Å². The second-order valence-corrected chi connectivity index (χ2v) is 3.97. The van der Waals surface area contributed by atoms with E-state index < -0.39 is 0 Å². The van der Waals surface area contributed by atoms with E-state index in [1.807, 2.05) is 7.05 Å². The molecule has 13 heavy (non-hydrogen) atoms. The first kappa shape index (κ1) is 10.7. The normalized spacial score (nSPS) is 18.2. The lowest BCUT2D eigenvalue weighted by molar-refractivity contribution is -0.903. The highest BCUT2D eigenvalue weighted by Crippen LogP contribution is 1.93. The van der Waals surface area contributed by atoms with E-state index in [9.17, 15) is 0 Å². The summed E-state index contributed by atoms with van der Waals surface area (Å²) in [7, 11) is 1.85. The molecule has 1 saturated heterocycles. The smallest absolute Gasteiger partial charge is 0.166 e. The fraction of sp³-hybridized carbons (Fsp3) is 0.889. The number of nitrogens with one attached hydrogen (secondary N) is 3. The predicted octanol–water partition coefficient (Wildman–Crippen LogP) is -0.851. The molecule has 0 bridgehead atoms. The van der Waals surface area contributed by atoms with Gasteiger partial charge in [0.25, 0.3) is 0 Å². The summed E-state index contributed by atoms with van der Waals surface area (Å²) in [4.78, 5) is 1.72. The van der Waals surface area contributed by atoms with Crippen molar-refractivity contribution in [3.05, 3.63) is 0 Å². The van der Waals surface area contributed by atoms with E-state index in [0.717, 1.165) is 11.7 Å². The van der Waals surface area contributed by atoms with Gasteiger partial charge in [0, 0.05) is 7.05 Å². The molecule has 0 aliphatic carbocycles. The molecule has 1 heterocycles. The molecule has 0 spiro atoms. The van der Waals surface area contributed by atoms with Crippen molar-refractivity contribution < 1.29 is 4.90 Å². The van der Waals surface area contributed by atoms with Crippen molar-refractivity contribution in [2.45, 2.75) is 19.3 Å². The molecule has 4 heteroatoms. The van der Waals surface area contributed by atoms with Crippen LogP contribution in [0.2, 0.25) is 0 Å². The number of hydrogen-bond acceptors (Lipinski definition) is 1. The average Bonchev–Trinajstić information content (AvgIpc) is 2.19. The Morgan fingerprint density at radius 3 is 2.62 bits per heavy atom. The average molecular weight is 202 g/mol. The Balaban J connectivity index is 2.01. The second kappa shape index (κ2) is 6.16. The molecule has 0 aromatic carbocycles. The molecule has 3 nitrogen and oxygen atoms in total. The molecule has 1 fully saturated rings. The number of piperidine rings is 1. The van der Waals surface area contributed by atoms with Crippen LogP contribution < -0.4 is 15.5 Å². The first-order chi connectivity index (χ1) is 6.33. The lowest BCUT2D eigenvalue weighted by atomic mass is 10.1. The Labute approximate surface area is 85.9 Å². The summed E-state index contributed by atoms with van der Waals surface area (Å²) in [6.45, 7) is 4.87. The molecule has 1 rings (SSSR count). The van der Waals surface area contributed by atoms with E-state index in [1.165, 1.54) is 38.9 Å². The summed E-state index contributed by atoms with van der Waals surface area (Å²) in [5, 5.41) is 6.85. The standard InChI is InChI=1S/C9H19N3S/c1-10-9(13)11-5-8-12-6-3-2-4-7-12/h2-8H2,1H3,(H2,10,11,13)/p+1. The molecule has 0 aromatic rings. The van der Waals surface area contributed by atoms with Crippen LogP contribution in [0.4, 0.5) is 0 Å². The molecule has 0 radical (unpaired) electrons. The molecule has 0 aromatic heterocycles. The Morgan fingerprint density at radius 1 is 1.31 bits per heavy atom. The van der Waals surface area contributed by atoms with E-state index in [1.54, 1.807) is 4.90 Å². The third-order valence-electron chi connectivity index (χ3n) is 2.55. The van der Waals surface area contributed by atoms with E-state index in [0.29, 0.717) is 0 Å². The van der Waals surface area contributed by atoms with Crippen LogP contribution in [-0.2, 0) is 0 Å². The lowest BCUT2D eigenvalue weighted by Crippen LogP contribution is -3.13. The number of quaternary nitrogens is 1. The van der Waals surface area contributed by atoms with Gasteiger partial charge in [-0.3, -0.25) is 0 Å². The quantitative estimate of drug-likeness (QED) is 0.521. The fourth-order valence-corrected chi connectivity index (χ4v) is 1.85. The SMILES string of the molecule is CNC(=S)NCC[NH+]1CCCCC1. The van der Waals surface area contributed by atoms with Gasteiger partial charge in [0.15, 0.2) is 5.11 Å². The zero-order valence-electron chi connectivity index (χ0n) is 8.36. The van der Waals surface area contributed by atoms with Crippen LogP contribution in [0.3, 0.4) is 0 Å². The zero-order chi connectivity index (χ0) is 9.52. The van der Waals surface area contributed by atoms with E-state index in [4.69, 9.17) is 12.2 Å². The third kappa shape index (κ3) is 4.43. The summed E-state index contributed by atoms with van der Waals surface area (Å²) >= 11 is 4.99. The van der Waals surface area contributed by atoms with Crippen molar-refractivity contribution in [3.63, 3.8) is 0 Å². The van der Waals surface area contributed by atoms with Crippen LogP contribution in [0.25, 0.3) is 0 Å². The molecule has 1 aliphatic heterocycles. The topological polar surface area (TPSA) is 28.5 Å². The van der Waals surface area contributed by atoms with Crippen molar-refractivity contribution in [2.24, 2.45) is 0 Å². The molecule has 0 amide bonds. The van der Waals surface area contributed by atoms with Crippen molar-refractivity contribution in [3.8, 4) is 0 Å². The molecule has 1 aliphatic rings. The van der Waals surface area contributed by atoms with Gasteiger partial charge in [0.05, 0.1) is 26.2 Å². The Hall–Kier alpha value is -0.350. The molecular formula is C9H20N3S+. The van der Waals surface area contributed by atoms with Crippen molar-refractivity contribution in [1.82, 2.24) is 10.6 Å². The monoisotopic (exact) mass is 202 g/mol. The highest BCUT2D eigenvalue weighted by molar-refractivity contribution is 7.80. The highest BCUT2D eigenvalue weighted by atomic mass is 32.1. The predicted molar refractivity (Wildman–Crippen MR) is 59.1 cm³/mol. The number of thiocarbonyl (C=S) groups is 1. The maximum absolute atomic E-state index is 4.99. The van der Waals surface area contributed by atoms with E-state index in [2.05, 4.69) is 10.6 Å². The van der Waals surface area contributed by atoms with Crippen LogP contribution >= 0.6 is 12.2 Å². The van der Waals surface area contributed by atoms with Crippen LogP contribution in [0.1, 0.15) is 19.3 Å². The van der Waals surface area contributed by atoms with Crippen LogP contribution in [-0.4, -0.2) is 38.3 Å². The highest BCUT2D eigenvalue weighted by Gasteiger charge is 2.12. The summed E-state index contributed by atoms with van der Waals surface area (Å²) in [6, 6.07) is 0. The molecule has 0 unspecified atom stereocenters. The minimum atomic E-state index is 0.761. The van der Waals surface area contributed by atoms with Crippen LogP contribution in [0.5, 0.6) is 0 Å². The number of rotatable bonds is 3. The minimum Gasteiger partial charge on any atom is -0.366 e. The van der Waals surface area contributed by atoms with Crippen molar-refractivity contribution in [1.29, 1.82) is 0 Å². The zero-order valence-corrected chi connectivity index (χ0v) is 9.17. The summed E-state index contributed by atoms with van der Waals surface area (Å²) in [6.07, 6.45) is 4.21. The van der Waals surface area contributed by atoms with Gasteiger partial charge >= 0.3 is 0 Å². The van der Waals surface area contributed by atoms with Crippen molar-refractivity contribution in [2.75, 3.05) is 33.2 Å². The summed E-state index contributed by atoms with van der Waals surface area (Å²) < 4.78 is 0. The van der Waals surface area contributed by atoms with Gasteiger partial charge < -0.3 is 15.5 Å². The maximum Gasteiger partial charge on any atom is 0.166 e. The van der Waals surface area contributed by atoms with Gasteiger partial charge in [-0.05, 0) is 31.5 Å². The molecular weight excluding hydrogens is 182 g/mol. The minimum absolute atomic E-state index is 0.761. The van der Waals surface area contributed by atoms with Gasteiger partial charge in [0.2, 0.25) is 0 Å². The van der Waals surface area contributed by atoms with Crippen LogP contribution in [0, 0.1) is 0 Å². The largest absolute Gasteiger partial charge is 0.366 e. The summed E-state index contributed by atoms with van der Waals surface area (Å²) in [5.41, 5.74) is 0. The lowest BCUT2D eigenvalue weighted by Gasteiger charge is -2.23. The van der Waals surface area contributed by atoms with Crippen LogP contribution in [0.15, 0.2) is 0 Å². The Bertz CT molecular complexity index is 155. The third-order valence-corrected chi connectivity index (χ3v) is 2.90. The Kier molecular flexibility index (Phi) is 5.08. The first-order valence-electron chi connectivity index (χ1n) is 5.12.